The van der Waals surface area contributed by atoms with Crippen molar-refractivity contribution in [3.63, 3.8) is 0 Å². The third-order valence-corrected chi connectivity index (χ3v) is 6.17. The highest BCUT2D eigenvalue weighted by Crippen LogP contribution is 2.29. The molecule has 1 aliphatic heterocycles. The van der Waals surface area contributed by atoms with Gasteiger partial charge in [-0.2, -0.15) is 0 Å². The van der Waals surface area contributed by atoms with Gasteiger partial charge in [0.05, 0.1) is 11.4 Å². The number of hydrogen-bond acceptors (Lipinski definition) is 5. The summed E-state index contributed by atoms with van der Waals surface area (Å²) >= 11 is 0. The second-order valence-electron chi connectivity index (χ2n) is 8.71. The van der Waals surface area contributed by atoms with Crippen molar-refractivity contribution in [1.82, 2.24) is 25.2 Å². The van der Waals surface area contributed by atoms with Gasteiger partial charge in [-0.3, -0.25) is 9.78 Å². The van der Waals surface area contributed by atoms with Crippen LogP contribution in [0.2, 0.25) is 0 Å². The Morgan fingerprint density at radius 3 is 2.50 bits per heavy atom. The Hall–Kier alpha value is -3.12. The molecule has 1 aromatic carbocycles. The molecule has 1 fully saturated rings. The van der Waals surface area contributed by atoms with E-state index in [-0.39, 0.29) is 11.8 Å². The van der Waals surface area contributed by atoms with Crippen LogP contribution in [0.4, 0.5) is 0 Å². The largest absolute Gasteiger partial charge is 0.352 e. The molecule has 6 heteroatoms. The van der Waals surface area contributed by atoms with E-state index >= 15 is 0 Å². The Morgan fingerprint density at radius 2 is 1.84 bits per heavy atom. The molecule has 1 aliphatic rings. The Balaban J connectivity index is 1.41. The number of benzene rings is 1. The fourth-order valence-corrected chi connectivity index (χ4v) is 4.19. The summed E-state index contributed by atoms with van der Waals surface area (Å²) < 4.78 is 0. The van der Waals surface area contributed by atoms with Gasteiger partial charge in [0.15, 0.2) is 0 Å². The summed E-state index contributed by atoms with van der Waals surface area (Å²) in [5.74, 6) is 1.01. The van der Waals surface area contributed by atoms with Gasteiger partial charge in [0.25, 0.3) is 0 Å². The van der Waals surface area contributed by atoms with Crippen molar-refractivity contribution in [3.05, 3.63) is 66.2 Å². The van der Waals surface area contributed by atoms with Crippen molar-refractivity contribution in [2.24, 2.45) is 5.92 Å². The first-order valence-electron chi connectivity index (χ1n) is 11.4. The smallest absolute Gasteiger partial charge is 0.223 e. The van der Waals surface area contributed by atoms with Gasteiger partial charge >= 0.3 is 0 Å². The number of piperidine rings is 1. The summed E-state index contributed by atoms with van der Waals surface area (Å²) in [4.78, 5) is 28.6. The van der Waals surface area contributed by atoms with Gasteiger partial charge < -0.3 is 10.2 Å². The maximum Gasteiger partial charge on any atom is 0.223 e. The quantitative estimate of drug-likeness (QED) is 0.634. The highest BCUT2D eigenvalue weighted by Gasteiger charge is 2.25. The van der Waals surface area contributed by atoms with Gasteiger partial charge in [0.1, 0.15) is 5.82 Å². The summed E-state index contributed by atoms with van der Waals surface area (Å²) in [6.45, 7) is 8.86. The summed E-state index contributed by atoms with van der Waals surface area (Å²) in [6.07, 6.45) is 5.48. The molecular formula is C26H31N5O. The SMILES string of the molecule is Cc1ncc(-c2ccccn2)c(-c2ccc(CNC(=O)C3CCN(C(C)C)CC3)cc2)n1. The van der Waals surface area contributed by atoms with Crippen LogP contribution in [0.1, 0.15) is 38.1 Å². The minimum Gasteiger partial charge on any atom is -0.352 e. The molecule has 32 heavy (non-hydrogen) atoms. The Bertz CT molecular complexity index is 1040. The van der Waals surface area contributed by atoms with E-state index in [1.165, 1.54) is 0 Å². The normalized spacial score (nSPS) is 15.1. The fourth-order valence-electron chi connectivity index (χ4n) is 4.19. The van der Waals surface area contributed by atoms with Crippen LogP contribution in [-0.4, -0.2) is 44.9 Å². The Morgan fingerprint density at radius 1 is 1.09 bits per heavy atom. The van der Waals surface area contributed by atoms with Crippen molar-refractivity contribution in [2.75, 3.05) is 13.1 Å². The molecule has 1 amide bonds. The number of aryl methyl sites for hydroxylation is 1. The Labute approximate surface area is 190 Å². The maximum atomic E-state index is 12.6. The third-order valence-electron chi connectivity index (χ3n) is 6.17. The van der Waals surface area contributed by atoms with Crippen LogP contribution in [0, 0.1) is 12.8 Å². The molecule has 3 aromatic rings. The second kappa shape index (κ2) is 10.0. The lowest BCUT2D eigenvalue weighted by Crippen LogP contribution is -2.42. The van der Waals surface area contributed by atoms with E-state index in [9.17, 15) is 4.79 Å². The number of amides is 1. The van der Waals surface area contributed by atoms with Crippen LogP contribution in [0.25, 0.3) is 22.5 Å². The first-order chi connectivity index (χ1) is 15.5. The minimum absolute atomic E-state index is 0.120. The molecule has 1 N–H and O–H groups in total. The van der Waals surface area contributed by atoms with Crippen LogP contribution in [0.3, 0.4) is 0 Å². The van der Waals surface area contributed by atoms with E-state index in [1.54, 1.807) is 6.20 Å². The van der Waals surface area contributed by atoms with Crippen molar-refractivity contribution < 1.29 is 4.79 Å². The number of nitrogens with one attached hydrogen (secondary N) is 1. The molecule has 0 atom stereocenters. The standard InChI is InChI=1S/C26H31N5O/c1-18(2)31-14-11-22(12-15-31)26(32)29-16-20-7-9-21(10-8-20)25-23(17-28-19(3)30-25)24-6-4-5-13-27-24/h4-10,13,17-18,22H,11-12,14-16H2,1-3H3,(H,29,32). The highest BCUT2D eigenvalue weighted by molar-refractivity contribution is 5.79. The lowest BCUT2D eigenvalue weighted by Gasteiger charge is -2.33. The van der Waals surface area contributed by atoms with Crippen LogP contribution in [0.5, 0.6) is 0 Å². The first-order valence-corrected chi connectivity index (χ1v) is 11.4. The van der Waals surface area contributed by atoms with Gasteiger partial charge in [0, 0.05) is 42.0 Å². The van der Waals surface area contributed by atoms with E-state index in [0.717, 1.165) is 59.8 Å². The number of likely N-dealkylation sites (tertiary alicyclic amines) is 1. The van der Waals surface area contributed by atoms with Gasteiger partial charge in [0.2, 0.25) is 5.91 Å². The number of aromatic nitrogens is 3. The third kappa shape index (κ3) is 5.19. The summed E-state index contributed by atoms with van der Waals surface area (Å²) in [6, 6.07) is 14.6. The van der Waals surface area contributed by atoms with Crippen LogP contribution < -0.4 is 5.32 Å². The van der Waals surface area contributed by atoms with Crippen molar-refractivity contribution in [2.45, 2.75) is 46.2 Å². The molecule has 1 saturated heterocycles. The average Bonchev–Trinajstić information content (AvgIpc) is 2.83. The van der Waals surface area contributed by atoms with Gasteiger partial charge in [-0.1, -0.05) is 30.3 Å². The minimum atomic E-state index is 0.120. The molecule has 0 spiro atoms. The Kier molecular flexibility index (Phi) is 6.90. The summed E-state index contributed by atoms with van der Waals surface area (Å²) in [5.41, 5.74) is 4.70. The second-order valence-corrected chi connectivity index (χ2v) is 8.71. The van der Waals surface area contributed by atoms with Crippen molar-refractivity contribution in [1.29, 1.82) is 0 Å². The molecule has 6 nitrogen and oxygen atoms in total. The van der Waals surface area contributed by atoms with E-state index in [4.69, 9.17) is 0 Å². The van der Waals surface area contributed by atoms with E-state index in [2.05, 4.69) is 63.3 Å². The first kappa shape index (κ1) is 22.1. The van der Waals surface area contributed by atoms with Gasteiger partial charge in [-0.15, -0.1) is 0 Å². The zero-order valence-electron chi connectivity index (χ0n) is 19.1. The fraction of sp³-hybridized carbons (Fsp3) is 0.385. The maximum absolute atomic E-state index is 12.6. The number of carbonyl (C=O) groups is 1. The zero-order chi connectivity index (χ0) is 22.5. The number of hydrogen-bond donors (Lipinski definition) is 1. The van der Waals surface area contributed by atoms with Crippen LogP contribution in [-0.2, 0) is 11.3 Å². The number of carbonyl (C=O) groups excluding carboxylic acids is 1. The predicted molar refractivity (Wildman–Crippen MR) is 127 cm³/mol. The summed E-state index contributed by atoms with van der Waals surface area (Å²) in [7, 11) is 0. The average molecular weight is 430 g/mol. The van der Waals surface area contributed by atoms with E-state index in [0.29, 0.717) is 12.6 Å². The molecule has 0 unspecified atom stereocenters. The summed E-state index contributed by atoms with van der Waals surface area (Å²) in [5, 5.41) is 3.13. The molecule has 0 radical (unpaired) electrons. The topological polar surface area (TPSA) is 71.0 Å². The van der Waals surface area contributed by atoms with Crippen molar-refractivity contribution in [3.8, 4) is 22.5 Å². The zero-order valence-corrected chi connectivity index (χ0v) is 19.1. The molecular weight excluding hydrogens is 398 g/mol. The molecule has 0 saturated carbocycles. The van der Waals surface area contributed by atoms with Gasteiger partial charge in [-0.05, 0) is 64.4 Å². The van der Waals surface area contributed by atoms with E-state index < -0.39 is 0 Å². The van der Waals surface area contributed by atoms with E-state index in [1.807, 2.05) is 31.3 Å². The lowest BCUT2D eigenvalue weighted by atomic mass is 9.95. The predicted octanol–water partition coefficient (Wildman–Crippen LogP) is 4.25. The lowest BCUT2D eigenvalue weighted by molar-refractivity contribution is -0.126. The number of nitrogens with zero attached hydrogens (tertiary/aromatic N) is 4. The highest BCUT2D eigenvalue weighted by atomic mass is 16.1. The van der Waals surface area contributed by atoms with Crippen molar-refractivity contribution >= 4 is 5.91 Å². The van der Waals surface area contributed by atoms with Gasteiger partial charge in [-0.25, -0.2) is 9.97 Å². The molecule has 4 rings (SSSR count). The van der Waals surface area contributed by atoms with Crippen LogP contribution in [0.15, 0.2) is 54.9 Å². The molecule has 0 aliphatic carbocycles. The molecule has 2 aromatic heterocycles. The molecule has 3 heterocycles. The van der Waals surface area contributed by atoms with Crippen LogP contribution >= 0.6 is 0 Å². The molecule has 0 bridgehead atoms. The molecule has 166 valence electrons. The monoisotopic (exact) mass is 429 g/mol. The number of pyridine rings is 1. The number of rotatable bonds is 6.